The molecular weight excluding hydrogens is 282 g/mol. The van der Waals surface area contributed by atoms with Crippen LogP contribution < -0.4 is 0 Å². The fourth-order valence-electron chi connectivity index (χ4n) is 2.52. The first-order valence-electron chi connectivity index (χ1n) is 6.34. The maximum atomic E-state index is 12.3. The van der Waals surface area contributed by atoms with Gasteiger partial charge in [-0.15, -0.1) is 0 Å². The summed E-state index contributed by atoms with van der Waals surface area (Å²) in [6, 6.07) is -1.79. The first-order chi connectivity index (χ1) is 10.0. The van der Waals surface area contributed by atoms with E-state index >= 15 is 0 Å². The highest BCUT2D eigenvalue weighted by Gasteiger charge is 2.46. The topological polar surface area (TPSA) is 105 Å². The molecule has 0 aromatic rings. The highest BCUT2D eigenvalue weighted by molar-refractivity contribution is 6.08. The molecule has 1 unspecified atom stereocenters. The molecule has 0 N–H and O–H groups in total. The first-order valence-corrected chi connectivity index (χ1v) is 6.34. The second kappa shape index (κ2) is 6.04. The molecule has 1 fully saturated rings. The Bertz CT molecular complexity index is 543. The molecular formula is C13H15NO7. The summed E-state index contributed by atoms with van der Waals surface area (Å²) >= 11 is 0. The lowest BCUT2D eigenvalue weighted by Gasteiger charge is -2.22. The number of rotatable bonds is 4. The quantitative estimate of drug-likeness (QED) is 0.416. The van der Waals surface area contributed by atoms with E-state index < -0.39 is 22.7 Å². The molecule has 2 rings (SSSR count). The van der Waals surface area contributed by atoms with Gasteiger partial charge in [-0.05, 0) is 12.5 Å². The van der Waals surface area contributed by atoms with Gasteiger partial charge in [-0.2, -0.15) is 0 Å². The van der Waals surface area contributed by atoms with Crippen LogP contribution in [-0.2, 0) is 23.8 Å². The average Bonchev–Trinajstić information content (AvgIpc) is 2.98. The number of nitro groups is 1. The van der Waals surface area contributed by atoms with Crippen LogP contribution in [0.25, 0.3) is 0 Å². The van der Waals surface area contributed by atoms with Crippen LogP contribution in [0.3, 0.4) is 0 Å². The van der Waals surface area contributed by atoms with Gasteiger partial charge < -0.3 is 14.2 Å². The molecule has 21 heavy (non-hydrogen) atoms. The fourth-order valence-corrected chi connectivity index (χ4v) is 2.52. The molecule has 8 nitrogen and oxygen atoms in total. The van der Waals surface area contributed by atoms with Crippen LogP contribution in [0.2, 0.25) is 0 Å². The van der Waals surface area contributed by atoms with E-state index in [1.54, 1.807) is 0 Å². The summed E-state index contributed by atoms with van der Waals surface area (Å²) in [6.45, 7) is 0.906. The van der Waals surface area contributed by atoms with Crippen molar-refractivity contribution in [2.24, 2.45) is 5.92 Å². The lowest BCUT2D eigenvalue weighted by Crippen LogP contribution is -2.40. The van der Waals surface area contributed by atoms with Crippen LogP contribution >= 0.6 is 0 Å². The summed E-state index contributed by atoms with van der Waals surface area (Å²) in [6.07, 6.45) is 1.99. The van der Waals surface area contributed by atoms with Crippen LogP contribution in [0.15, 0.2) is 23.0 Å². The molecule has 0 saturated carbocycles. The molecule has 1 heterocycles. The third kappa shape index (κ3) is 2.66. The summed E-state index contributed by atoms with van der Waals surface area (Å²) in [7, 11) is 2.38. The van der Waals surface area contributed by atoms with Crippen molar-refractivity contribution in [2.45, 2.75) is 12.5 Å². The minimum absolute atomic E-state index is 0.0835. The van der Waals surface area contributed by atoms with Gasteiger partial charge in [0.15, 0.2) is 5.76 Å². The van der Waals surface area contributed by atoms with Crippen molar-refractivity contribution < 1.29 is 28.7 Å². The van der Waals surface area contributed by atoms with Crippen LogP contribution in [0.4, 0.5) is 0 Å². The minimum atomic E-state index is -1.79. The van der Waals surface area contributed by atoms with E-state index in [0.717, 1.165) is 7.11 Å². The van der Waals surface area contributed by atoms with Crippen LogP contribution in [0.1, 0.15) is 6.42 Å². The average molecular weight is 297 g/mol. The zero-order valence-electron chi connectivity index (χ0n) is 11.7. The Hall–Kier alpha value is -2.22. The van der Waals surface area contributed by atoms with Gasteiger partial charge in [0.2, 0.25) is 0 Å². The molecule has 0 spiro atoms. The lowest BCUT2D eigenvalue weighted by molar-refractivity contribution is -0.496. The maximum absolute atomic E-state index is 12.3. The number of ketones is 1. The van der Waals surface area contributed by atoms with Crippen molar-refractivity contribution >= 4 is 11.8 Å². The summed E-state index contributed by atoms with van der Waals surface area (Å²) in [5.41, 5.74) is 0.175. The Balaban J connectivity index is 2.52. The van der Waals surface area contributed by atoms with E-state index in [0.29, 0.717) is 25.2 Å². The zero-order valence-corrected chi connectivity index (χ0v) is 11.7. The molecule has 0 aromatic heterocycles. The third-order valence-corrected chi connectivity index (χ3v) is 3.55. The van der Waals surface area contributed by atoms with E-state index in [1.165, 1.54) is 13.2 Å². The molecule has 0 radical (unpaired) electrons. The number of methoxy groups -OCH3 is 2. The van der Waals surface area contributed by atoms with E-state index in [9.17, 15) is 19.7 Å². The second-order valence-electron chi connectivity index (χ2n) is 4.69. The number of hydrogen-bond acceptors (Lipinski definition) is 7. The van der Waals surface area contributed by atoms with Crippen molar-refractivity contribution in [3.05, 3.63) is 33.1 Å². The molecule has 2 atom stereocenters. The zero-order chi connectivity index (χ0) is 15.6. The van der Waals surface area contributed by atoms with Gasteiger partial charge in [0.05, 0.1) is 20.8 Å². The van der Waals surface area contributed by atoms with Crippen LogP contribution in [-0.4, -0.2) is 50.2 Å². The minimum Gasteiger partial charge on any atom is -0.492 e. The van der Waals surface area contributed by atoms with Gasteiger partial charge in [-0.3, -0.25) is 14.9 Å². The van der Waals surface area contributed by atoms with Crippen molar-refractivity contribution in [3.63, 3.8) is 0 Å². The summed E-state index contributed by atoms with van der Waals surface area (Å²) in [4.78, 5) is 34.3. The largest absolute Gasteiger partial charge is 0.492 e. The fraction of sp³-hybridized carbons (Fsp3) is 0.538. The van der Waals surface area contributed by atoms with E-state index in [2.05, 4.69) is 4.74 Å². The molecule has 0 bridgehead atoms. The molecule has 114 valence electrons. The normalized spacial score (nSPS) is 25.6. The van der Waals surface area contributed by atoms with Crippen molar-refractivity contribution in [1.82, 2.24) is 0 Å². The molecule has 2 aliphatic rings. The molecule has 0 aromatic carbocycles. The number of hydrogen-bond donors (Lipinski definition) is 0. The van der Waals surface area contributed by atoms with Gasteiger partial charge >= 0.3 is 12.0 Å². The molecule has 1 aliphatic heterocycles. The number of carbonyl (C=O) groups is 2. The number of carbonyl (C=O) groups excluding carboxylic acids is 2. The predicted octanol–water partition coefficient (Wildman–Crippen LogP) is 0.251. The van der Waals surface area contributed by atoms with Gasteiger partial charge in [0.25, 0.3) is 5.78 Å². The molecule has 8 heteroatoms. The molecule has 1 aliphatic carbocycles. The highest BCUT2D eigenvalue weighted by Crippen LogP contribution is 2.33. The number of nitrogens with zero attached hydrogens (tertiary/aromatic N) is 1. The Morgan fingerprint density at radius 3 is 2.67 bits per heavy atom. The Kier molecular flexibility index (Phi) is 4.37. The summed E-state index contributed by atoms with van der Waals surface area (Å²) < 4.78 is 14.8. The highest BCUT2D eigenvalue weighted by atomic mass is 16.6. The van der Waals surface area contributed by atoms with Crippen molar-refractivity contribution in [3.8, 4) is 0 Å². The Labute approximate surface area is 120 Å². The SMILES string of the molecule is COC(=O)C1=CC([C@@H]2CCOC2)=C(OC)C(=O)C1[N+](=O)[O-]. The van der Waals surface area contributed by atoms with E-state index in [1.807, 2.05) is 0 Å². The van der Waals surface area contributed by atoms with Gasteiger partial charge in [0.1, 0.15) is 5.57 Å². The number of ether oxygens (including phenoxy) is 3. The summed E-state index contributed by atoms with van der Waals surface area (Å²) in [5, 5.41) is 11.1. The monoisotopic (exact) mass is 297 g/mol. The van der Waals surface area contributed by atoms with E-state index in [4.69, 9.17) is 9.47 Å². The molecule has 1 saturated heterocycles. The number of esters is 1. The van der Waals surface area contributed by atoms with Crippen molar-refractivity contribution in [2.75, 3.05) is 27.4 Å². The van der Waals surface area contributed by atoms with Crippen LogP contribution in [0, 0.1) is 16.0 Å². The Morgan fingerprint density at radius 2 is 2.19 bits per heavy atom. The summed E-state index contributed by atoms with van der Waals surface area (Å²) in [5.74, 6) is -1.94. The second-order valence-corrected chi connectivity index (χ2v) is 4.69. The first kappa shape index (κ1) is 15.2. The third-order valence-electron chi connectivity index (χ3n) is 3.55. The number of Topliss-reactive ketones (excluding diaryl/α,β-unsaturated/α-hetero) is 1. The number of allylic oxidation sites excluding steroid dienone is 1. The lowest BCUT2D eigenvalue weighted by atomic mass is 9.85. The maximum Gasteiger partial charge on any atom is 0.341 e. The predicted molar refractivity (Wildman–Crippen MR) is 68.8 cm³/mol. The Morgan fingerprint density at radius 1 is 1.48 bits per heavy atom. The van der Waals surface area contributed by atoms with Gasteiger partial charge in [-0.25, -0.2) is 4.79 Å². The van der Waals surface area contributed by atoms with Crippen LogP contribution in [0.5, 0.6) is 0 Å². The van der Waals surface area contributed by atoms with Gasteiger partial charge in [0, 0.05) is 23.0 Å². The smallest absolute Gasteiger partial charge is 0.341 e. The molecule has 0 amide bonds. The van der Waals surface area contributed by atoms with Crippen molar-refractivity contribution in [1.29, 1.82) is 0 Å². The van der Waals surface area contributed by atoms with E-state index in [-0.39, 0.29) is 17.3 Å². The van der Waals surface area contributed by atoms with Gasteiger partial charge in [-0.1, -0.05) is 0 Å². The standard InChI is InChI=1S/C13H15NO7/c1-19-12-8(7-3-4-21-6-7)5-9(13(16)20-2)10(11(12)15)14(17)18/h5,7,10H,3-4,6H2,1-2H3/t7-,10?/m1/s1.